The molecule has 6 heteroatoms. The van der Waals surface area contributed by atoms with Crippen LogP contribution in [0.25, 0.3) is 0 Å². The molecule has 210 valence electrons. The summed E-state index contributed by atoms with van der Waals surface area (Å²) in [6.07, 6.45) is 12.1. The predicted molar refractivity (Wildman–Crippen MR) is 144 cm³/mol. The number of hydrogen-bond donors (Lipinski definition) is 1. The van der Waals surface area contributed by atoms with Gasteiger partial charge in [0, 0.05) is 37.9 Å². The average Bonchev–Trinajstić information content (AvgIpc) is 3.17. The molecule has 6 nitrogen and oxygen atoms in total. The molecule has 37 heavy (non-hydrogen) atoms. The highest BCUT2D eigenvalue weighted by molar-refractivity contribution is 5.66. The number of hydrogen-bond acceptors (Lipinski definition) is 5. The van der Waals surface area contributed by atoms with Crippen LogP contribution >= 0.6 is 0 Å². The minimum Gasteiger partial charge on any atom is -0.456 e. The summed E-state index contributed by atoms with van der Waals surface area (Å²) >= 11 is 0. The van der Waals surface area contributed by atoms with Crippen LogP contribution in [0.15, 0.2) is 0 Å². The average molecular weight is 518 g/mol. The number of fused-ring (bicyclic) bond motifs is 5. The van der Waals surface area contributed by atoms with E-state index in [1.807, 2.05) is 0 Å². The number of aliphatic hydroxyl groups is 1. The molecule has 4 aliphatic carbocycles. The van der Waals surface area contributed by atoms with E-state index in [4.69, 9.17) is 9.47 Å². The SMILES string of the molecule is CC(=O)O[C@H]1[C@@H]([N+]2(C)CCCCC2)C[C@H]2[C@@H]3CC[C@H]4C[C@H](O)[C@@H](N5CCOCC5)C[C@]4(C)[C@H]3CC[C@@]21C. The van der Waals surface area contributed by atoms with Gasteiger partial charge in [0.2, 0.25) is 0 Å². The van der Waals surface area contributed by atoms with E-state index in [9.17, 15) is 9.90 Å². The fourth-order valence-corrected chi connectivity index (χ4v) is 11.1. The summed E-state index contributed by atoms with van der Waals surface area (Å²) in [5.74, 6) is 2.64. The monoisotopic (exact) mass is 517 g/mol. The quantitative estimate of drug-likeness (QED) is 0.448. The number of carbonyl (C=O) groups is 1. The Hall–Kier alpha value is -0.690. The largest absolute Gasteiger partial charge is 0.456 e. The maximum atomic E-state index is 12.4. The summed E-state index contributed by atoms with van der Waals surface area (Å²) in [4.78, 5) is 15.0. The molecule has 0 bridgehead atoms. The molecule has 0 amide bonds. The normalized spacial score (nSPS) is 50.0. The summed E-state index contributed by atoms with van der Waals surface area (Å²) in [6, 6.07) is 0.720. The van der Waals surface area contributed by atoms with Crippen molar-refractivity contribution in [3.05, 3.63) is 0 Å². The number of quaternary nitrogens is 1. The highest BCUT2D eigenvalue weighted by Crippen LogP contribution is 2.67. The Kier molecular flexibility index (Phi) is 6.99. The molecule has 0 spiro atoms. The van der Waals surface area contributed by atoms with Crippen molar-refractivity contribution in [3.63, 3.8) is 0 Å². The van der Waals surface area contributed by atoms with Gasteiger partial charge < -0.3 is 19.1 Å². The van der Waals surface area contributed by atoms with Gasteiger partial charge in [0.1, 0.15) is 6.04 Å². The molecule has 1 N–H and O–H groups in total. The third-order valence-corrected chi connectivity index (χ3v) is 13.1. The third-order valence-electron chi connectivity index (χ3n) is 13.1. The van der Waals surface area contributed by atoms with Crippen LogP contribution in [0, 0.1) is 34.5 Å². The standard InChI is InChI=1S/C31H53N2O4/c1-21(34)37-29-27(33(4)14-6-5-7-15-33)19-25-23-9-8-22-18-28(35)26(32-12-16-36-17-13-32)20-31(22,3)24(23)10-11-30(25,29)2/h22-29,35H,5-20H2,1-4H3/q+1/t22-,23+,24-,25-,26-,27-,28-,29-,30-,31-/m0/s1. The summed E-state index contributed by atoms with van der Waals surface area (Å²) in [7, 11) is 2.46. The molecule has 2 saturated heterocycles. The highest BCUT2D eigenvalue weighted by Gasteiger charge is 2.67. The van der Waals surface area contributed by atoms with Gasteiger partial charge in [0.15, 0.2) is 6.10 Å². The van der Waals surface area contributed by atoms with E-state index in [-0.39, 0.29) is 29.6 Å². The van der Waals surface area contributed by atoms with Crippen LogP contribution in [-0.2, 0) is 14.3 Å². The van der Waals surface area contributed by atoms with Crippen molar-refractivity contribution in [2.45, 2.75) is 109 Å². The summed E-state index contributed by atoms with van der Waals surface area (Å²) in [5.41, 5.74) is 0.391. The van der Waals surface area contributed by atoms with E-state index in [0.29, 0.717) is 23.3 Å². The Labute approximate surface area is 225 Å². The van der Waals surface area contributed by atoms with Crippen LogP contribution < -0.4 is 0 Å². The lowest BCUT2D eigenvalue weighted by Crippen LogP contribution is -2.61. The molecule has 0 unspecified atom stereocenters. The Bertz CT molecular complexity index is 854. The van der Waals surface area contributed by atoms with Gasteiger partial charge in [-0.2, -0.15) is 0 Å². The number of likely N-dealkylation sites (N-methyl/N-ethyl adjacent to an activating group) is 1. The number of piperidine rings is 1. The van der Waals surface area contributed by atoms with E-state index >= 15 is 0 Å². The van der Waals surface area contributed by atoms with Gasteiger partial charge in [-0.1, -0.05) is 13.8 Å². The predicted octanol–water partition coefficient (Wildman–Crippen LogP) is 4.24. The first-order chi connectivity index (χ1) is 17.7. The zero-order chi connectivity index (χ0) is 26.0. The molecule has 2 aliphatic heterocycles. The van der Waals surface area contributed by atoms with Crippen molar-refractivity contribution >= 4 is 5.97 Å². The molecule has 0 aromatic heterocycles. The topological polar surface area (TPSA) is 59.0 Å². The van der Waals surface area contributed by atoms with Crippen LogP contribution in [0.1, 0.15) is 85.0 Å². The van der Waals surface area contributed by atoms with Crippen molar-refractivity contribution < 1.29 is 23.9 Å². The van der Waals surface area contributed by atoms with Crippen molar-refractivity contribution in [1.29, 1.82) is 0 Å². The molecule has 0 radical (unpaired) electrons. The van der Waals surface area contributed by atoms with Crippen molar-refractivity contribution in [1.82, 2.24) is 4.90 Å². The molecule has 4 saturated carbocycles. The number of morpholine rings is 1. The summed E-state index contributed by atoms with van der Waals surface area (Å²) < 4.78 is 13.1. The second-order valence-electron chi connectivity index (χ2n) is 14.7. The molecule has 0 aromatic carbocycles. The van der Waals surface area contributed by atoms with Crippen LogP contribution in [0.5, 0.6) is 0 Å². The number of ether oxygens (including phenoxy) is 2. The molecule has 0 aromatic rings. The van der Waals surface area contributed by atoms with Crippen LogP contribution in [0.2, 0.25) is 0 Å². The first-order valence-corrected chi connectivity index (χ1v) is 15.7. The van der Waals surface area contributed by atoms with Crippen LogP contribution in [0.4, 0.5) is 0 Å². The van der Waals surface area contributed by atoms with Gasteiger partial charge >= 0.3 is 5.97 Å². The van der Waals surface area contributed by atoms with Gasteiger partial charge in [-0.25, -0.2) is 0 Å². The second-order valence-corrected chi connectivity index (χ2v) is 14.7. The number of aliphatic hydroxyl groups excluding tert-OH is 1. The lowest BCUT2D eigenvalue weighted by molar-refractivity contribution is -0.940. The minimum atomic E-state index is -0.200. The maximum absolute atomic E-state index is 12.4. The lowest BCUT2D eigenvalue weighted by atomic mass is 9.44. The van der Waals surface area contributed by atoms with Crippen LogP contribution in [-0.4, -0.2) is 91.2 Å². The Morgan fingerprint density at radius 1 is 1.00 bits per heavy atom. The van der Waals surface area contributed by atoms with E-state index in [2.05, 4.69) is 25.8 Å². The molecular weight excluding hydrogens is 464 g/mol. The van der Waals surface area contributed by atoms with Gasteiger partial charge in [0.25, 0.3) is 0 Å². The third kappa shape index (κ3) is 4.31. The van der Waals surface area contributed by atoms with Crippen molar-refractivity contribution in [2.24, 2.45) is 34.5 Å². The maximum Gasteiger partial charge on any atom is 0.303 e. The molecule has 6 fully saturated rings. The Balaban J connectivity index is 1.28. The summed E-state index contributed by atoms with van der Waals surface area (Å²) in [5, 5.41) is 11.3. The Morgan fingerprint density at radius 3 is 2.43 bits per heavy atom. The molecular formula is C31H53N2O4+. The number of carbonyl (C=O) groups excluding carboxylic acids is 1. The second kappa shape index (κ2) is 9.74. The first-order valence-electron chi connectivity index (χ1n) is 15.7. The smallest absolute Gasteiger partial charge is 0.303 e. The van der Waals surface area contributed by atoms with E-state index in [1.165, 1.54) is 64.5 Å². The first kappa shape index (κ1) is 26.5. The van der Waals surface area contributed by atoms with Gasteiger partial charge in [-0.15, -0.1) is 0 Å². The Morgan fingerprint density at radius 2 is 1.73 bits per heavy atom. The lowest BCUT2D eigenvalue weighted by Gasteiger charge is -2.62. The molecule has 10 atom stereocenters. The van der Waals surface area contributed by atoms with E-state index in [1.54, 1.807) is 6.92 Å². The highest BCUT2D eigenvalue weighted by atomic mass is 16.5. The van der Waals surface area contributed by atoms with Crippen molar-refractivity contribution in [2.75, 3.05) is 46.4 Å². The fraction of sp³-hybridized carbons (Fsp3) is 0.968. The molecule has 6 aliphatic rings. The number of likely N-dealkylation sites (tertiary alicyclic amines) is 1. The zero-order valence-corrected chi connectivity index (χ0v) is 24.0. The number of rotatable bonds is 3. The minimum absolute atomic E-state index is 0.0545. The molecule has 2 heterocycles. The zero-order valence-electron chi connectivity index (χ0n) is 24.0. The van der Waals surface area contributed by atoms with Crippen molar-refractivity contribution in [3.8, 4) is 0 Å². The number of esters is 1. The van der Waals surface area contributed by atoms with Gasteiger partial charge in [0.05, 0.1) is 39.5 Å². The van der Waals surface area contributed by atoms with Gasteiger partial charge in [-0.05, 0) is 86.9 Å². The van der Waals surface area contributed by atoms with Crippen LogP contribution in [0.3, 0.4) is 0 Å². The van der Waals surface area contributed by atoms with E-state index in [0.717, 1.165) is 55.5 Å². The number of nitrogens with zero attached hydrogens (tertiary/aromatic N) is 2. The van der Waals surface area contributed by atoms with Gasteiger partial charge in [-0.3, -0.25) is 9.69 Å². The van der Waals surface area contributed by atoms with E-state index < -0.39 is 0 Å². The summed E-state index contributed by atoms with van der Waals surface area (Å²) in [6.45, 7) is 12.7. The fourth-order valence-electron chi connectivity index (χ4n) is 11.1. The molecule has 6 rings (SSSR count).